The van der Waals surface area contributed by atoms with Crippen LogP contribution in [0.1, 0.15) is 55.8 Å². The molecule has 3 nitrogen and oxygen atoms in total. The van der Waals surface area contributed by atoms with Gasteiger partial charge in [0.2, 0.25) is 0 Å². The van der Waals surface area contributed by atoms with Crippen molar-refractivity contribution in [3.63, 3.8) is 0 Å². The Morgan fingerprint density at radius 3 is 2.39 bits per heavy atom. The quantitative estimate of drug-likeness (QED) is 0.399. The Hall–Kier alpha value is -1.46. The minimum atomic E-state index is -0.612. The summed E-state index contributed by atoms with van der Waals surface area (Å²) in [4.78, 5) is 8.94. The normalized spacial score (nSPS) is 12.5. The molecule has 1 unspecified atom stereocenters. The molecule has 1 heterocycles. The molecule has 3 rings (SSSR count). The van der Waals surface area contributed by atoms with Crippen LogP contribution in [0.2, 0.25) is 10.0 Å². The highest BCUT2D eigenvalue weighted by Gasteiger charge is 2.19. The zero-order valence-electron chi connectivity index (χ0n) is 16.0. The van der Waals surface area contributed by atoms with Gasteiger partial charge in [-0.15, -0.1) is 0 Å². The van der Waals surface area contributed by atoms with Gasteiger partial charge in [0.25, 0.3) is 0 Å². The van der Waals surface area contributed by atoms with Crippen LogP contribution in [-0.2, 0) is 6.42 Å². The fourth-order valence-corrected chi connectivity index (χ4v) is 4.79. The van der Waals surface area contributed by atoms with Crippen molar-refractivity contribution in [2.45, 2.75) is 55.1 Å². The highest BCUT2D eigenvalue weighted by atomic mass is 35.5. The number of aromatic amines is 1. The number of halogens is 2. The Morgan fingerprint density at radius 1 is 1.07 bits per heavy atom. The third-order valence-corrected chi connectivity index (χ3v) is 5.86. The first-order valence-electron chi connectivity index (χ1n) is 9.38. The first-order valence-corrected chi connectivity index (χ1v) is 11.0. The minimum Gasteiger partial charge on any atom is -0.385 e. The summed E-state index contributed by atoms with van der Waals surface area (Å²) >= 11 is 13.7. The van der Waals surface area contributed by atoms with Crippen LogP contribution >= 0.6 is 35.0 Å². The van der Waals surface area contributed by atoms with Crippen LogP contribution in [0.15, 0.2) is 58.5 Å². The molecule has 2 aromatic carbocycles. The molecule has 3 aromatic rings. The maximum atomic E-state index is 10.6. The molecule has 0 spiro atoms. The van der Waals surface area contributed by atoms with E-state index in [2.05, 4.69) is 35.9 Å². The van der Waals surface area contributed by atoms with E-state index in [9.17, 15) is 5.11 Å². The Labute approximate surface area is 180 Å². The fraction of sp³-hybridized carbons (Fsp3) is 0.318. The Morgan fingerprint density at radius 2 is 1.75 bits per heavy atom. The van der Waals surface area contributed by atoms with Crippen LogP contribution in [0.4, 0.5) is 0 Å². The summed E-state index contributed by atoms with van der Waals surface area (Å²) in [5.74, 6) is 0.877. The second kappa shape index (κ2) is 9.84. The molecule has 1 aromatic heterocycles. The van der Waals surface area contributed by atoms with Crippen molar-refractivity contribution in [2.75, 3.05) is 0 Å². The average molecular weight is 435 g/mol. The Bertz CT molecular complexity index is 892. The number of aliphatic hydroxyl groups excluding tert-OH is 1. The van der Waals surface area contributed by atoms with E-state index in [4.69, 9.17) is 23.2 Å². The molecule has 0 fully saturated rings. The molecule has 148 valence electrons. The van der Waals surface area contributed by atoms with Gasteiger partial charge < -0.3 is 10.1 Å². The second-order valence-electron chi connectivity index (χ2n) is 7.10. The van der Waals surface area contributed by atoms with Gasteiger partial charge in [0.15, 0.2) is 0 Å². The lowest BCUT2D eigenvalue weighted by atomic mass is 10.1. The summed E-state index contributed by atoms with van der Waals surface area (Å²) in [5, 5.41) is 12.7. The molecule has 0 bridgehead atoms. The molecule has 0 saturated heterocycles. The van der Waals surface area contributed by atoms with Gasteiger partial charge in [-0.3, -0.25) is 0 Å². The fourth-order valence-electron chi connectivity index (χ4n) is 3.00. The number of aryl methyl sites for hydroxylation is 1. The van der Waals surface area contributed by atoms with Crippen molar-refractivity contribution in [1.82, 2.24) is 9.97 Å². The van der Waals surface area contributed by atoms with Crippen LogP contribution in [0.3, 0.4) is 0 Å². The van der Waals surface area contributed by atoms with Gasteiger partial charge in [-0.25, -0.2) is 4.98 Å². The van der Waals surface area contributed by atoms with Crippen LogP contribution in [0.5, 0.6) is 0 Å². The lowest BCUT2D eigenvalue weighted by molar-refractivity contribution is 0.155. The molecule has 0 saturated carbocycles. The summed E-state index contributed by atoms with van der Waals surface area (Å²) in [7, 11) is 0. The molecular weight excluding hydrogens is 411 g/mol. The molecule has 0 radical (unpaired) electrons. The van der Waals surface area contributed by atoms with Gasteiger partial charge in [0, 0.05) is 14.9 Å². The number of rotatable bonds is 8. The monoisotopic (exact) mass is 434 g/mol. The van der Waals surface area contributed by atoms with Crippen molar-refractivity contribution in [2.24, 2.45) is 0 Å². The number of hydrogen-bond donors (Lipinski definition) is 2. The van der Waals surface area contributed by atoms with E-state index in [1.807, 2.05) is 30.3 Å². The van der Waals surface area contributed by atoms with Crippen molar-refractivity contribution in [3.05, 3.63) is 75.7 Å². The van der Waals surface area contributed by atoms with Gasteiger partial charge in [0.05, 0.1) is 5.69 Å². The topological polar surface area (TPSA) is 48.9 Å². The zero-order chi connectivity index (χ0) is 20.1. The van der Waals surface area contributed by atoms with Gasteiger partial charge in [-0.1, -0.05) is 79.1 Å². The van der Waals surface area contributed by atoms with Gasteiger partial charge in [-0.2, -0.15) is 0 Å². The molecule has 1 atom stereocenters. The third kappa shape index (κ3) is 5.77. The molecule has 0 aliphatic rings. The molecule has 28 heavy (non-hydrogen) atoms. The van der Waals surface area contributed by atoms with Crippen molar-refractivity contribution >= 4 is 35.0 Å². The summed E-state index contributed by atoms with van der Waals surface area (Å²) in [5.41, 5.74) is 2.30. The van der Waals surface area contributed by atoms with Crippen molar-refractivity contribution in [3.8, 4) is 0 Å². The van der Waals surface area contributed by atoms with Crippen LogP contribution in [0.25, 0.3) is 0 Å². The summed E-state index contributed by atoms with van der Waals surface area (Å²) in [6, 6.07) is 15.8. The van der Waals surface area contributed by atoms with Gasteiger partial charge in [0.1, 0.15) is 17.0 Å². The number of aromatic nitrogens is 2. The van der Waals surface area contributed by atoms with Crippen LogP contribution in [0, 0.1) is 0 Å². The molecule has 0 aliphatic heterocycles. The maximum Gasteiger partial charge on any atom is 0.136 e. The van der Waals surface area contributed by atoms with Gasteiger partial charge in [-0.05, 0) is 48.9 Å². The predicted octanol–water partition coefficient (Wildman–Crippen LogP) is 7.05. The van der Waals surface area contributed by atoms with Gasteiger partial charge >= 0.3 is 0 Å². The van der Waals surface area contributed by atoms with E-state index in [0.717, 1.165) is 28.5 Å². The van der Waals surface area contributed by atoms with Crippen molar-refractivity contribution < 1.29 is 5.11 Å². The van der Waals surface area contributed by atoms with Crippen LogP contribution in [-0.4, -0.2) is 15.1 Å². The smallest absolute Gasteiger partial charge is 0.136 e. The average Bonchev–Trinajstić information content (AvgIpc) is 3.06. The SMILES string of the molecule is CC(C)c1[nH]c(C(O)CCCc2ccccc2)nc1Sc1cc(Cl)cc(Cl)c1. The first kappa shape index (κ1) is 21.3. The Balaban J connectivity index is 1.70. The van der Waals surface area contributed by atoms with E-state index >= 15 is 0 Å². The molecule has 2 N–H and O–H groups in total. The van der Waals surface area contributed by atoms with E-state index in [0.29, 0.717) is 22.3 Å². The summed E-state index contributed by atoms with van der Waals surface area (Å²) in [6.07, 6.45) is 1.89. The second-order valence-corrected chi connectivity index (χ2v) is 9.03. The molecular formula is C22H24Cl2N2OS. The number of hydrogen-bond acceptors (Lipinski definition) is 3. The maximum absolute atomic E-state index is 10.6. The third-order valence-electron chi connectivity index (χ3n) is 4.44. The lowest BCUT2D eigenvalue weighted by Gasteiger charge is -2.08. The predicted molar refractivity (Wildman–Crippen MR) is 118 cm³/mol. The standard InChI is InChI=1S/C22H24Cl2N2OS/c1-14(2)20-22(28-18-12-16(23)11-17(24)13-18)26-21(25-20)19(27)10-6-9-15-7-4-3-5-8-15/h3-5,7-8,11-14,19,27H,6,9-10H2,1-2H3,(H,25,26). The highest BCUT2D eigenvalue weighted by Crippen LogP contribution is 2.36. The molecule has 0 amide bonds. The first-order chi connectivity index (χ1) is 13.4. The largest absolute Gasteiger partial charge is 0.385 e. The van der Waals surface area contributed by atoms with Crippen molar-refractivity contribution in [1.29, 1.82) is 0 Å². The van der Waals surface area contributed by atoms with E-state index in [1.165, 1.54) is 17.3 Å². The molecule has 0 aliphatic carbocycles. The molecule has 6 heteroatoms. The number of aliphatic hydroxyl groups is 1. The van der Waals surface area contributed by atoms with E-state index < -0.39 is 6.10 Å². The van der Waals surface area contributed by atoms with E-state index in [-0.39, 0.29) is 5.92 Å². The minimum absolute atomic E-state index is 0.259. The number of nitrogens with one attached hydrogen (secondary N) is 1. The zero-order valence-corrected chi connectivity index (χ0v) is 18.3. The van der Waals surface area contributed by atoms with Crippen LogP contribution < -0.4 is 0 Å². The highest BCUT2D eigenvalue weighted by molar-refractivity contribution is 7.99. The Kier molecular flexibility index (Phi) is 7.47. The van der Waals surface area contributed by atoms with E-state index in [1.54, 1.807) is 6.07 Å². The number of benzene rings is 2. The lowest BCUT2D eigenvalue weighted by Crippen LogP contribution is -2.01. The number of H-pyrrole nitrogens is 1. The number of nitrogens with zero attached hydrogens (tertiary/aromatic N) is 1. The number of imidazole rings is 1. The summed E-state index contributed by atoms with van der Waals surface area (Å²) in [6.45, 7) is 4.21. The summed E-state index contributed by atoms with van der Waals surface area (Å²) < 4.78 is 0.